The van der Waals surface area contributed by atoms with Crippen LogP contribution in [0.4, 0.5) is 0 Å². The molecular weight excluding hydrogens is 168 g/mol. The van der Waals surface area contributed by atoms with Crippen LogP contribution in [0.25, 0.3) is 0 Å². The number of aliphatic hydroxyl groups is 1. The molecule has 4 heteroatoms. The minimum absolute atomic E-state index is 0.390. The van der Waals surface area contributed by atoms with Gasteiger partial charge in [-0.15, -0.1) is 0 Å². The average molecular weight is 182 g/mol. The summed E-state index contributed by atoms with van der Waals surface area (Å²) in [6, 6.07) is 3.12. The van der Waals surface area contributed by atoms with Gasteiger partial charge in [0.15, 0.2) is 0 Å². The van der Waals surface area contributed by atoms with Gasteiger partial charge in [-0.05, 0) is 12.5 Å². The van der Waals surface area contributed by atoms with Crippen LogP contribution < -0.4 is 10.5 Å². The van der Waals surface area contributed by atoms with Crippen molar-refractivity contribution in [1.82, 2.24) is 4.98 Å². The van der Waals surface area contributed by atoms with E-state index >= 15 is 0 Å². The number of ether oxygens (including phenoxy) is 1. The fourth-order valence-corrected chi connectivity index (χ4v) is 0.988. The molecule has 1 rings (SSSR count). The Morgan fingerprint density at radius 2 is 2.23 bits per heavy atom. The van der Waals surface area contributed by atoms with Gasteiger partial charge in [0.05, 0.1) is 19.3 Å². The van der Waals surface area contributed by atoms with Gasteiger partial charge in [0.1, 0.15) is 0 Å². The van der Waals surface area contributed by atoms with E-state index in [1.807, 2.05) is 0 Å². The van der Waals surface area contributed by atoms with E-state index in [0.717, 1.165) is 5.56 Å². The fourth-order valence-electron chi connectivity index (χ4n) is 0.988. The number of pyridine rings is 1. The Kier molecular flexibility index (Phi) is 3.22. The lowest BCUT2D eigenvalue weighted by molar-refractivity contribution is 0.164. The zero-order chi connectivity index (χ0) is 9.84. The van der Waals surface area contributed by atoms with E-state index in [4.69, 9.17) is 10.5 Å². The van der Waals surface area contributed by atoms with Crippen molar-refractivity contribution >= 4 is 0 Å². The number of aromatic nitrogens is 1. The van der Waals surface area contributed by atoms with E-state index in [1.165, 1.54) is 0 Å². The fraction of sp³-hybridized carbons (Fsp3) is 0.444. The molecule has 0 bridgehead atoms. The van der Waals surface area contributed by atoms with Crippen molar-refractivity contribution in [2.24, 2.45) is 5.73 Å². The first kappa shape index (κ1) is 9.95. The quantitative estimate of drug-likeness (QED) is 0.713. The zero-order valence-electron chi connectivity index (χ0n) is 7.77. The largest absolute Gasteiger partial charge is 0.481 e. The summed E-state index contributed by atoms with van der Waals surface area (Å²) >= 11 is 0. The minimum atomic E-state index is -0.574. The highest BCUT2D eigenvalue weighted by Crippen LogP contribution is 2.15. The normalized spacial score (nSPS) is 15.1. The topological polar surface area (TPSA) is 68.4 Å². The van der Waals surface area contributed by atoms with Crippen LogP contribution in [0.15, 0.2) is 18.3 Å². The maximum absolute atomic E-state index is 9.22. The number of nitrogens with zero attached hydrogens (tertiary/aromatic N) is 1. The molecular formula is C9H14N2O2. The predicted octanol–water partition coefficient (Wildman–Crippen LogP) is 0.471. The average Bonchev–Trinajstić information content (AvgIpc) is 2.17. The molecule has 0 radical (unpaired) electrons. The predicted molar refractivity (Wildman–Crippen MR) is 49.4 cm³/mol. The third-order valence-corrected chi connectivity index (χ3v) is 1.87. The molecule has 0 aliphatic heterocycles. The molecule has 0 aliphatic carbocycles. The summed E-state index contributed by atoms with van der Waals surface area (Å²) in [5, 5.41) is 9.22. The Balaban J connectivity index is 2.79. The zero-order valence-corrected chi connectivity index (χ0v) is 7.77. The molecule has 0 amide bonds. The highest BCUT2D eigenvalue weighted by Gasteiger charge is 2.11. The van der Waals surface area contributed by atoms with Crippen molar-refractivity contribution in [1.29, 1.82) is 0 Å². The summed E-state index contributed by atoms with van der Waals surface area (Å²) in [5.74, 6) is 0.543. The maximum Gasteiger partial charge on any atom is 0.212 e. The Labute approximate surface area is 77.4 Å². The Morgan fingerprint density at radius 3 is 2.62 bits per heavy atom. The molecule has 72 valence electrons. The van der Waals surface area contributed by atoms with Gasteiger partial charge in [-0.25, -0.2) is 4.98 Å². The van der Waals surface area contributed by atoms with Gasteiger partial charge >= 0.3 is 0 Å². The lowest BCUT2D eigenvalue weighted by atomic mass is 10.1. The van der Waals surface area contributed by atoms with Gasteiger partial charge in [-0.1, -0.05) is 6.07 Å². The summed E-state index contributed by atoms with van der Waals surface area (Å²) in [4.78, 5) is 3.99. The van der Waals surface area contributed by atoms with Gasteiger partial charge in [-0.3, -0.25) is 0 Å². The van der Waals surface area contributed by atoms with Crippen LogP contribution in [-0.2, 0) is 0 Å². The first-order valence-corrected chi connectivity index (χ1v) is 4.08. The number of hydrogen-bond donors (Lipinski definition) is 2. The summed E-state index contributed by atoms with van der Waals surface area (Å²) in [5.41, 5.74) is 6.50. The molecule has 0 saturated carbocycles. The lowest BCUT2D eigenvalue weighted by Gasteiger charge is -2.14. The third kappa shape index (κ3) is 2.40. The Bertz CT molecular complexity index is 259. The summed E-state index contributed by atoms with van der Waals surface area (Å²) in [7, 11) is 1.55. The van der Waals surface area contributed by atoms with Gasteiger partial charge in [0.25, 0.3) is 0 Å². The minimum Gasteiger partial charge on any atom is -0.481 e. The molecule has 2 atom stereocenters. The van der Waals surface area contributed by atoms with E-state index in [9.17, 15) is 5.11 Å². The van der Waals surface area contributed by atoms with E-state index in [0.29, 0.717) is 5.88 Å². The van der Waals surface area contributed by atoms with Gasteiger partial charge in [0.2, 0.25) is 5.88 Å². The monoisotopic (exact) mass is 182 g/mol. The first-order chi connectivity index (χ1) is 6.15. The summed E-state index contributed by atoms with van der Waals surface area (Å²) < 4.78 is 4.89. The number of rotatable bonds is 3. The molecule has 2 unspecified atom stereocenters. The SMILES string of the molecule is COc1ccc(C(N)C(C)O)cn1. The molecule has 1 heterocycles. The van der Waals surface area contributed by atoms with Crippen molar-refractivity contribution in [3.05, 3.63) is 23.9 Å². The van der Waals surface area contributed by atoms with E-state index in [-0.39, 0.29) is 0 Å². The number of nitrogens with two attached hydrogens (primary N) is 1. The smallest absolute Gasteiger partial charge is 0.212 e. The van der Waals surface area contributed by atoms with E-state index in [2.05, 4.69) is 4.98 Å². The van der Waals surface area contributed by atoms with Crippen molar-refractivity contribution in [3.63, 3.8) is 0 Å². The van der Waals surface area contributed by atoms with Crippen molar-refractivity contribution in [2.45, 2.75) is 19.1 Å². The van der Waals surface area contributed by atoms with Crippen LogP contribution in [0.2, 0.25) is 0 Å². The summed E-state index contributed by atoms with van der Waals surface area (Å²) in [6.07, 6.45) is 1.03. The van der Waals surface area contributed by atoms with Crippen LogP contribution in [0, 0.1) is 0 Å². The molecule has 4 nitrogen and oxygen atoms in total. The molecule has 0 aromatic carbocycles. The Hall–Kier alpha value is -1.13. The third-order valence-electron chi connectivity index (χ3n) is 1.87. The van der Waals surface area contributed by atoms with Gasteiger partial charge in [-0.2, -0.15) is 0 Å². The molecule has 0 saturated heterocycles. The second-order valence-electron chi connectivity index (χ2n) is 2.90. The number of methoxy groups -OCH3 is 1. The van der Waals surface area contributed by atoms with Crippen LogP contribution in [0.3, 0.4) is 0 Å². The molecule has 1 aromatic rings. The van der Waals surface area contributed by atoms with Crippen molar-refractivity contribution < 1.29 is 9.84 Å². The highest BCUT2D eigenvalue weighted by atomic mass is 16.5. The van der Waals surface area contributed by atoms with Crippen LogP contribution >= 0.6 is 0 Å². The second-order valence-corrected chi connectivity index (χ2v) is 2.90. The van der Waals surface area contributed by atoms with Crippen molar-refractivity contribution in [3.8, 4) is 5.88 Å². The van der Waals surface area contributed by atoms with Crippen LogP contribution in [0.5, 0.6) is 5.88 Å². The van der Waals surface area contributed by atoms with Gasteiger partial charge < -0.3 is 15.6 Å². The molecule has 1 aromatic heterocycles. The summed E-state index contributed by atoms with van der Waals surface area (Å²) in [6.45, 7) is 1.65. The van der Waals surface area contributed by atoms with E-state index in [1.54, 1.807) is 32.4 Å². The van der Waals surface area contributed by atoms with Gasteiger partial charge in [0, 0.05) is 12.3 Å². The standard InChI is InChI=1S/C9H14N2O2/c1-6(12)9(10)7-3-4-8(13-2)11-5-7/h3-6,9,12H,10H2,1-2H3. The highest BCUT2D eigenvalue weighted by molar-refractivity contribution is 5.21. The van der Waals surface area contributed by atoms with Crippen molar-refractivity contribution in [2.75, 3.05) is 7.11 Å². The lowest BCUT2D eigenvalue weighted by Crippen LogP contribution is -2.23. The Morgan fingerprint density at radius 1 is 1.54 bits per heavy atom. The second kappa shape index (κ2) is 4.20. The van der Waals surface area contributed by atoms with Crippen LogP contribution in [0.1, 0.15) is 18.5 Å². The van der Waals surface area contributed by atoms with E-state index < -0.39 is 12.1 Å². The first-order valence-electron chi connectivity index (χ1n) is 4.08. The molecule has 3 N–H and O–H groups in total. The molecule has 0 spiro atoms. The number of hydrogen-bond acceptors (Lipinski definition) is 4. The maximum atomic E-state index is 9.22. The molecule has 13 heavy (non-hydrogen) atoms. The molecule has 0 aliphatic rings. The number of aliphatic hydroxyl groups excluding tert-OH is 1. The van der Waals surface area contributed by atoms with Crippen LogP contribution in [-0.4, -0.2) is 23.3 Å². The molecule has 0 fully saturated rings.